The molecular weight excluding hydrogens is 232 g/mol. The second kappa shape index (κ2) is 5.89. The van der Waals surface area contributed by atoms with Crippen LogP contribution in [0.25, 0.3) is 6.08 Å². The molecule has 102 valence electrons. The van der Waals surface area contributed by atoms with Crippen LogP contribution < -0.4 is 5.32 Å². The molecule has 0 radical (unpaired) electrons. The summed E-state index contributed by atoms with van der Waals surface area (Å²) < 4.78 is 0. The molecule has 0 amide bonds. The van der Waals surface area contributed by atoms with Gasteiger partial charge in [-0.05, 0) is 36.9 Å². The SMILES string of the molecule is CCC1C2CNCC2CN1CC=Cc1ccccc1. The summed E-state index contributed by atoms with van der Waals surface area (Å²) in [5, 5.41) is 3.55. The van der Waals surface area contributed by atoms with Crippen LogP contribution in [-0.4, -0.2) is 37.1 Å². The normalized spacial score (nSPS) is 31.1. The molecule has 3 atom stereocenters. The van der Waals surface area contributed by atoms with Crippen LogP contribution in [0.1, 0.15) is 18.9 Å². The highest BCUT2D eigenvalue weighted by atomic mass is 15.2. The molecule has 2 saturated heterocycles. The number of likely N-dealkylation sites (tertiary alicyclic amines) is 1. The molecule has 0 spiro atoms. The molecule has 1 aromatic carbocycles. The first kappa shape index (κ1) is 12.9. The lowest BCUT2D eigenvalue weighted by molar-refractivity contribution is 0.240. The van der Waals surface area contributed by atoms with Crippen LogP contribution in [0.2, 0.25) is 0 Å². The molecule has 3 rings (SSSR count). The third-order valence-corrected chi connectivity index (χ3v) is 4.69. The molecule has 2 heterocycles. The van der Waals surface area contributed by atoms with Crippen molar-refractivity contribution in [2.24, 2.45) is 11.8 Å². The summed E-state index contributed by atoms with van der Waals surface area (Å²) in [5.41, 5.74) is 1.30. The van der Waals surface area contributed by atoms with Gasteiger partial charge in [0.05, 0.1) is 0 Å². The maximum Gasteiger partial charge on any atom is 0.0169 e. The van der Waals surface area contributed by atoms with Gasteiger partial charge in [-0.3, -0.25) is 4.90 Å². The Balaban J connectivity index is 1.59. The van der Waals surface area contributed by atoms with Gasteiger partial charge in [-0.1, -0.05) is 49.4 Å². The minimum atomic E-state index is 0.778. The van der Waals surface area contributed by atoms with Crippen LogP contribution >= 0.6 is 0 Å². The molecule has 2 nitrogen and oxygen atoms in total. The van der Waals surface area contributed by atoms with Gasteiger partial charge in [0, 0.05) is 19.1 Å². The van der Waals surface area contributed by atoms with Gasteiger partial charge >= 0.3 is 0 Å². The van der Waals surface area contributed by atoms with E-state index in [4.69, 9.17) is 0 Å². The van der Waals surface area contributed by atoms with Crippen LogP contribution in [0.3, 0.4) is 0 Å². The Morgan fingerprint density at radius 3 is 2.89 bits per heavy atom. The average molecular weight is 256 g/mol. The van der Waals surface area contributed by atoms with Gasteiger partial charge in [-0.15, -0.1) is 0 Å². The number of hydrogen-bond donors (Lipinski definition) is 1. The van der Waals surface area contributed by atoms with Crippen molar-refractivity contribution in [3.8, 4) is 0 Å². The first-order valence-corrected chi connectivity index (χ1v) is 7.55. The molecule has 2 aliphatic heterocycles. The fourth-order valence-electron chi connectivity index (χ4n) is 3.77. The summed E-state index contributed by atoms with van der Waals surface area (Å²) in [5.74, 6) is 1.77. The van der Waals surface area contributed by atoms with E-state index in [-0.39, 0.29) is 0 Å². The Labute approximate surface area is 116 Å². The zero-order valence-electron chi connectivity index (χ0n) is 11.8. The molecule has 2 heteroatoms. The van der Waals surface area contributed by atoms with E-state index in [1.165, 1.54) is 31.6 Å². The second-order valence-corrected chi connectivity index (χ2v) is 5.82. The lowest BCUT2D eigenvalue weighted by Crippen LogP contribution is -2.35. The predicted molar refractivity (Wildman–Crippen MR) is 81.0 cm³/mol. The topological polar surface area (TPSA) is 15.3 Å². The number of benzene rings is 1. The van der Waals surface area contributed by atoms with Crippen molar-refractivity contribution in [1.29, 1.82) is 0 Å². The van der Waals surface area contributed by atoms with Gasteiger partial charge in [-0.25, -0.2) is 0 Å². The van der Waals surface area contributed by atoms with E-state index in [1.807, 2.05) is 0 Å². The molecule has 2 aliphatic rings. The standard InChI is InChI=1S/C17H24N2/c1-2-17-16-12-18-11-15(16)13-19(17)10-6-9-14-7-4-3-5-8-14/h3-9,15-18H,2,10-13H2,1H3. The highest BCUT2D eigenvalue weighted by Gasteiger charge is 2.42. The summed E-state index contributed by atoms with van der Waals surface area (Å²) >= 11 is 0. The average Bonchev–Trinajstić information content (AvgIpc) is 3.00. The van der Waals surface area contributed by atoms with Crippen molar-refractivity contribution >= 4 is 6.08 Å². The molecule has 1 N–H and O–H groups in total. The fraction of sp³-hybridized carbons (Fsp3) is 0.529. The maximum atomic E-state index is 3.55. The van der Waals surface area contributed by atoms with Crippen LogP contribution in [-0.2, 0) is 0 Å². The van der Waals surface area contributed by atoms with E-state index in [9.17, 15) is 0 Å². The summed E-state index contributed by atoms with van der Waals surface area (Å²) in [4.78, 5) is 2.68. The Morgan fingerprint density at radius 2 is 2.11 bits per heavy atom. The zero-order valence-corrected chi connectivity index (χ0v) is 11.8. The van der Waals surface area contributed by atoms with E-state index in [2.05, 4.69) is 59.6 Å². The van der Waals surface area contributed by atoms with E-state index in [0.717, 1.165) is 24.4 Å². The van der Waals surface area contributed by atoms with E-state index in [0.29, 0.717) is 0 Å². The lowest BCUT2D eigenvalue weighted by atomic mass is 9.93. The largest absolute Gasteiger partial charge is 0.316 e. The minimum Gasteiger partial charge on any atom is -0.316 e. The van der Waals surface area contributed by atoms with Crippen molar-refractivity contribution in [3.05, 3.63) is 42.0 Å². The summed E-state index contributed by atoms with van der Waals surface area (Å²) in [6.07, 6.45) is 5.85. The smallest absolute Gasteiger partial charge is 0.0169 e. The molecule has 0 saturated carbocycles. The first-order valence-electron chi connectivity index (χ1n) is 7.55. The third kappa shape index (κ3) is 2.75. The second-order valence-electron chi connectivity index (χ2n) is 5.82. The fourth-order valence-corrected chi connectivity index (χ4v) is 3.77. The molecule has 0 bridgehead atoms. The molecule has 19 heavy (non-hydrogen) atoms. The van der Waals surface area contributed by atoms with E-state index in [1.54, 1.807) is 0 Å². The van der Waals surface area contributed by atoms with Crippen molar-refractivity contribution in [1.82, 2.24) is 10.2 Å². The molecule has 3 unspecified atom stereocenters. The molecule has 0 aliphatic carbocycles. The predicted octanol–water partition coefficient (Wildman–Crippen LogP) is 2.63. The van der Waals surface area contributed by atoms with Crippen molar-refractivity contribution in [2.75, 3.05) is 26.2 Å². The molecule has 2 fully saturated rings. The van der Waals surface area contributed by atoms with Crippen LogP contribution in [0.4, 0.5) is 0 Å². The van der Waals surface area contributed by atoms with Gasteiger partial charge in [0.25, 0.3) is 0 Å². The van der Waals surface area contributed by atoms with Gasteiger partial charge in [-0.2, -0.15) is 0 Å². The summed E-state index contributed by atoms with van der Waals surface area (Å²) in [7, 11) is 0. The van der Waals surface area contributed by atoms with Crippen LogP contribution in [0, 0.1) is 11.8 Å². The van der Waals surface area contributed by atoms with Crippen molar-refractivity contribution < 1.29 is 0 Å². The minimum absolute atomic E-state index is 0.778. The summed E-state index contributed by atoms with van der Waals surface area (Å²) in [6.45, 7) is 7.15. The van der Waals surface area contributed by atoms with Crippen molar-refractivity contribution in [2.45, 2.75) is 19.4 Å². The van der Waals surface area contributed by atoms with Crippen LogP contribution in [0.15, 0.2) is 36.4 Å². The monoisotopic (exact) mass is 256 g/mol. The third-order valence-electron chi connectivity index (χ3n) is 4.69. The number of hydrogen-bond acceptors (Lipinski definition) is 2. The lowest BCUT2D eigenvalue weighted by Gasteiger charge is -2.25. The number of nitrogens with zero attached hydrogens (tertiary/aromatic N) is 1. The van der Waals surface area contributed by atoms with E-state index < -0.39 is 0 Å². The van der Waals surface area contributed by atoms with Crippen LogP contribution in [0.5, 0.6) is 0 Å². The maximum absolute atomic E-state index is 3.55. The van der Waals surface area contributed by atoms with Gasteiger partial charge in [0.1, 0.15) is 0 Å². The molecule has 0 aromatic heterocycles. The van der Waals surface area contributed by atoms with Gasteiger partial charge in [0.2, 0.25) is 0 Å². The zero-order chi connectivity index (χ0) is 13.1. The first-order chi connectivity index (χ1) is 9.38. The van der Waals surface area contributed by atoms with Gasteiger partial charge in [0.15, 0.2) is 0 Å². The highest BCUT2D eigenvalue weighted by molar-refractivity contribution is 5.48. The van der Waals surface area contributed by atoms with Gasteiger partial charge < -0.3 is 5.32 Å². The van der Waals surface area contributed by atoms with E-state index >= 15 is 0 Å². The highest BCUT2D eigenvalue weighted by Crippen LogP contribution is 2.33. The number of rotatable bonds is 4. The quantitative estimate of drug-likeness (QED) is 0.891. The number of nitrogens with one attached hydrogen (secondary N) is 1. The Bertz CT molecular complexity index is 426. The Kier molecular flexibility index (Phi) is 4.00. The van der Waals surface area contributed by atoms with Crippen molar-refractivity contribution in [3.63, 3.8) is 0 Å². The Hall–Kier alpha value is -1.12. The summed E-state index contributed by atoms with van der Waals surface area (Å²) in [6, 6.07) is 11.4. The molecule has 1 aromatic rings. The number of fused-ring (bicyclic) bond motifs is 1. The molecular formula is C17H24N2. The Morgan fingerprint density at radius 1 is 1.26 bits per heavy atom.